The lowest BCUT2D eigenvalue weighted by Gasteiger charge is -2.26. The molecular weight excluding hydrogens is 591 g/mol. The molecule has 230 valence electrons. The molecule has 9 rings (SSSR count). The third-order valence-electron chi connectivity index (χ3n) is 9.31. The number of nitrogens with zero attached hydrogens (tertiary/aromatic N) is 1. The molecule has 0 aliphatic carbocycles. The van der Waals surface area contributed by atoms with Gasteiger partial charge in [0, 0.05) is 17.1 Å². The second-order valence-corrected chi connectivity index (χ2v) is 12.3. The Balaban J connectivity index is 1.12. The van der Waals surface area contributed by atoms with Crippen LogP contribution < -0.4 is 4.90 Å². The first-order valence-corrected chi connectivity index (χ1v) is 16.5. The SMILES string of the molecule is [2H]c1c([2H])c(N(c2ccccc2)c2ccc(-c3cccc(-c4cccc5ccccc45)c3)cc2)c([2H])c([2H])c1-c1ccc2c(ccc3ccccc32)c1. The maximum atomic E-state index is 9.33. The van der Waals surface area contributed by atoms with Crippen LogP contribution >= 0.6 is 0 Å². The molecular formula is C48H33N. The van der Waals surface area contributed by atoms with Crippen molar-refractivity contribution in [3.63, 3.8) is 0 Å². The van der Waals surface area contributed by atoms with Crippen LogP contribution in [0.25, 0.3) is 65.7 Å². The van der Waals surface area contributed by atoms with Gasteiger partial charge in [-0.1, -0.05) is 152 Å². The molecule has 0 N–H and O–H groups in total. The van der Waals surface area contributed by atoms with Crippen LogP contribution in [0.15, 0.2) is 200 Å². The fraction of sp³-hybridized carbons (Fsp3) is 0. The van der Waals surface area contributed by atoms with Gasteiger partial charge in [0.05, 0.1) is 5.48 Å². The van der Waals surface area contributed by atoms with Crippen molar-refractivity contribution < 1.29 is 5.48 Å². The van der Waals surface area contributed by atoms with E-state index in [-0.39, 0.29) is 35.4 Å². The van der Waals surface area contributed by atoms with Crippen LogP contribution in [0.2, 0.25) is 0 Å². The van der Waals surface area contributed by atoms with E-state index in [1.807, 2.05) is 83.8 Å². The average molecular weight is 628 g/mol. The van der Waals surface area contributed by atoms with Crippen LogP contribution in [-0.4, -0.2) is 0 Å². The number of fused-ring (bicyclic) bond motifs is 4. The standard InChI is InChI=1S/C48H33N/c1-2-15-42(16-3-1)49(44-29-24-35(25-30-44)39-26-31-48-41(33-39)21-20-37-11-5-7-18-46(37)48)43-27-22-34(23-28-43)38-13-8-14-40(32-38)47-19-9-12-36-10-4-6-17-45(36)47/h1-33H/i24D,25D,29D,30D. The molecule has 0 amide bonds. The zero-order valence-electron chi connectivity index (χ0n) is 30.7. The highest BCUT2D eigenvalue weighted by atomic mass is 15.1. The van der Waals surface area contributed by atoms with E-state index in [0.29, 0.717) is 5.56 Å². The number of rotatable bonds is 6. The summed E-state index contributed by atoms with van der Waals surface area (Å²) in [7, 11) is 0. The van der Waals surface area contributed by atoms with Gasteiger partial charge in [-0.25, -0.2) is 0 Å². The smallest absolute Gasteiger partial charge is 0.0645 e. The summed E-state index contributed by atoms with van der Waals surface area (Å²) in [6.07, 6.45) is 0. The molecule has 0 radical (unpaired) electrons. The topological polar surface area (TPSA) is 3.24 Å². The van der Waals surface area contributed by atoms with E-state index in [1.54, 1.807) is 0 Å². The summed E-state index contributed by atoms with van der Waals surface area (Å²) in [5, 5.41) is 6.75. The van der Waals surface area contributed by atoms with E-state index >= 15 is 0 Å². The fourth-order valence-corrected chi connectivity index (χ4v) is 6.86. The minimum atomic E-state index is -0.102. The molecule has 0 aliphatic rings. The molecule has 0 atom stereocenters. The van der Waals surface area contributed by atoms with Crippen LogP contribution in [0.5, 0.6) is 0 Å². The first-order chi connectivity index (χ1) is 26.0. The number of para-hydroxylation sites is 1. The molecule has 0 saturated heterocycles. The van der Waals surface area contributed by atoms with Gasteiger partial charge in [0.2, 0.25) is 0 Å². The fourth-order valence-electron chi connectivity index (χ4n) is 6.86. The molecule has 1 nitrogen and oxygen atoms in total. The lowest BCUT2D eigenvalue weighted by atomic mass is 9.95. The Morgan fingerprint density at radius 2 is 0.878 bits per heavy atom. The molecule has 0 saturated carbocycles. The maximum absolute atomic E-state index is 9.33. The molecule has 0 aromatic heterocycles. The first kappa shape index (κ1) is 24.7. The average Bonchev–Trinajstić information content (AvgIpc) is 3.22. The molecule has 0 aliphatic heterocycles. The van der Waals surface area contributed by atoms with Crippen LogP contribution in [0, 0.1) is 0 Å². The van der Waals surface area contributed by atoms with Crippen LogP contribution in [0.1, 0.15) is 5.48 Å². The molecule has 9 aromatic carbocycles. The largest absolute Gasteiger partial charge is 0.311 e. The quantitative estimate of drug-likeness (QED) is 0.166. The second-order valence-electron chi connectivity index (χ2n) is 12.3. The van der Waals surface area contributed by atoms with Crippen molar-refractivity contribution in [2.24, 2.45) is 0 Å². The van der Waals surface area contributed by atoms with E-state index < -0.39 is 0 Å². The van der Waals surface area contributed by atoms with Crippen LogP contribution in [-0.2, 0) is 0 Å². The summed E-state index contributed by atoms with van der Waals surface area (Å²) in [5.74, 6) is 0. The van der Waals surface area contributed by atoms with Crippen molar-refractivity contribution in [3.05, 3.63) is 200 Å². The predicted octanol–water partition coefficient (Wildman–Crippen LogP) is 13.6. The summed E-state index contributed by atoms with van der Waals surface area (Å²) >= 11 is 0. The molecule has 1 heteroatoms. The highest BCUT2D eigenvalue weighted by molar-refractivity contribution is 6.08. The third-order valence-corrected chi connectivity index (χ3v) is 9.31. The van der Waals surface area contributed by atoms with Gasteiger partial charge in [0.1, 0.15) is 0 Å². The highest BCUT2D eigenvalue weighted by Crippen LogP contribution is 2.38. The summed E-state index contributed by atoms with van der Waals surface area (Å²) in [5.41, 5.74) is 7.03. The van der Waals surface area contributed by atoms with Gasteiger partial charge in [0.15, 0.2) is 0 Å². The van der Waals surface area contributed by atoms with Crippen LogP contribution in [0.3, 0.4) is 0 Å². The molecule has 49 heavy (non-hydrogen) atoms. The van der Waals surface area contributed by atoms with Crippen molar-refractivity contribution in [2.45, 2.75) is 0 Å². The second kappa shape index (κ2) is 12.3. The molecule has 0 spiro atoms. The van der Waals surface area contributed by atoms with Crippen molar-refractivity contribution in [1.82, 2.24) is 0 Å². The van der Waals surface area contributed by atoms with Crippen molar-refractivity contribution >= 4 is 49.4 Å². The minimum Gasteiger partial charge on any atom is -0.311 e. The van der Waals surface area contributed by atoms with Gasteiger partial charge in [0.25, 0.3) is 0 Å². The van der Waals surface area contributed by atoms with Gasteiger partial charge < -0.3 is 4.90 Å². The van der Waals surface area contributed by atoms with Crippen LogP contribution in [0.4, 0.5) is 17.1 Å². The maximum Gasteiger partial charge on any atom is 0.0645 e. The molecule has 0 fully saturated rings. The predicted molar refractivity (Wildman–Crippen MR) is 210 cm³/mol. The van der Waals surface area contributed by atoms with Crippen molar-refractivity contribution in [3.8, 4) is 33.4 Å². The van der Waals surface area contributed by atoms with E-state index in [1.165, 1.54) is 16.3 Å². The molecule has 0 bridgehead atoms. The Morgan fingerprint density at radius 3 is 1.69 bits per heavy atom. The summed E-state index contributed by atoms with van der Waals surface area (Å²) in [4.78, 5) is 1.83. The van der Waals surface area contributed by atoms with Gasteiger partial charge in [-0.05, 0) is 114 Å². The van der Waals surface area contributed by atoms with Gasteiger partial charge in [-0.2, -0.15) is 0 Å². The lowest BCUT2D eigenvalue weighted by Crippen LogP contribution is -2.09. The summed E-state index contributed by atoms with van der Waals surface area (Å²) in [6.45, 7) is 0. The Morgan fingerprint density at radius 1 is 0.306 bits per heavy atom. The van der Waals surface area contributed by atoms with E-state index in [2.05, 4.69) is 97.1 Å². The third kappa shape index (κ3) is 5.42. The number of anilines is 3. The van der Waals surface area contributed by atoms with Crippen molar-refractivity contribution in [1.29, 1.82) is 0 Å². The summed E-state index contributed by atoms with van der Waals surface area (Å²) in [6, 6.07) is 58.9. The van der Waals surface area contributed by atoms with E-state index in [4.69, 9.17) is 0 Å². The summed E-state index contributed by atoms with van der Waals surface area (Å²) < 4.78 is 37.1. The number of hydrogen-bond donors (Lipinski definition) is 0. The lowest BCUT2D eigenvalue weighted by molar-refractivity contribution is 1.28. The Bertz CT molecular complexity index is 2800. The van der Waals surface area contributed by atoms with E-state index in [9.17, 15) is 5.48 Å². The Kier molecular flexibility index (Phi) is 6.20. The Labute approximate surface area is 292 Å². The van der Waals surface area contributed by atoms with Gasteiger partial charge >= 0.3 is 0 Å². The monoisotopic (exact) mass is 627 g/mol. The number of benzene rings is 9. The van der Waals surface area contributed by atoms with Crippen molar-refractivity contribution in [2.75, 3.05) is 4.90 Å². The zero-order chi connectivity index (χ0) is 36.1. The number of hydrogen-bond acceptors (Lipinski definition) is 1. The molecule has 9 aromatic rings. The normalized spacial score (nSPS) is 12.4. The van der Waals surface area contributed by atoms with Gasteiger partial charge in [-0.3, -0.25) is 0 Å². The minimum absolute atomic E-state index is 0.0797. The van der Waals surface area contributed by atoms with Gasteiger partial charge in [-0.15, -0.1) is 0 Å². The van der Waals surface area contributed by atoms with E-state index in [0.717, 1.165) is 49.6 Å². The zero-order valence-corrected chi connectivity index (χ0v) is 26.7. The molecule has 0 heterocycles. The highest BCUT2D eigenvalue weighted by Gasteiger charge is 2.14. The Hall–Kier alpha value is -6.44. The molecule has 0 unspecified atom stereocenters. The first-order valence-electron chi connectivity index (χ1n) is 18.5.